The van der Waals surface area contributed by atoms with Crippen molar-refractivity contribution in [3.63, 3.8) is 0 Å². The van der Waals surface area contributed by atoms with Gasteiger partial charge in [-0.2, -0.15) is 0 Å². The van der Waals surface area contributed by atoms with Crippen LogP contribution in [0, 0.1) is 5.82 Å². The summed E-state index contributed by atoms with van der Waals surface area (Å²) in [6, 6.07) is 24.5. The Morgan fingerprint density at radius 1 is 0.865 bits per heavy atom. The van der Waals surface area contributed by atoms with Crippen LogP contribution in [0.4, 0.5) is 15.8 Å². The lowest BCUT2D eigenvalue weighted by Crippen LogP contribution is -2.50. The van der Waals surface area contributed by atoms with E-state index in [1.54, 1.807) is 12.1 Å². The van der Waals surface area contributed by atoms with Crippen molar-refractivity contribution in [1.29, 1.82) is 0 Å². The van der Waals surface area contributed by atoms with Crippen molar-refractivity contribution in [2.24, 2.45) is 9.98 Å². The first-order valence-corrected chi connectivity index (χ1v) is 12.8. The number of para-hydroxylation sites is 2. The van der Waals surface area contributed by atoms with Gasteiger partial charge in [0.15, 0.2) is 0 Å². The minimum Gasteiger partial charge on any atom is -0.312 e. The van der Waals surface area contributed by atoms with Gasteiger partial charge in [-0.3, -0.25) is 14.7 Å². The van der Waals surface area contributed by atoms with Crippen molar-refractivity contribution in [2.45, 2.75) is 19.3 Å². The lowest BCUT2D eigenvalue weighted by molar-refractivity contribution is -0.121. The molecule has 0 saturated carbocycles. The van der Waals surface area contributed by atoms with Gasteiger partial charge >= 0.3 is 0 Å². The van der Waals surface area contributed by atoms with Crippen LogP contribution >= 0.6 is 0 Å². The van der Waals surface area contributed by atoms with Crippen molar-refractivity contribution in [3.05, 3.63) is 95.8 Å². The van der Waals surface area contributed by atoms with Gasteiger partial charge in [0.1, 0.15) is 11.7 Å². The summed E-state index contributed by atoms with van der Waals surface area (Å²) in [6.07, 6.45) is 1.04. The summed E-state index contributed by atoms with van der Waals surface area (Å²) in [5, 5.41) is 3.08. The maximum atomic E-state index is 13.6. The van der Waals surface area contributed by atoms with Gasteiger partial charge in [-0.05, 0) is 48.7 Å². The van der Waals surface area contributed by atoms with Gasteiger partial charge in [-0.1, -0.05) is 54.6 Å². The third-order valence-electron chi connectivity index (χ3n) is 6.97. The highest BCUT2D eigenvalue weighted by Gasteiger charge is 2.27. The fourth-order valence-corrected chi connectivity index (χ4v) is 4.94. The van der Waals surface area contributed by atoms with Crippen LogP contribution in [-0.2, 0) is 11.2 Å². The number of rotatable bonds is 6. The van der Waals surface area contributed by atoms with E-state index in [9.17, 15) is 9.18 Å². The van der Waals surface area contributed by atoms with Gasteiger partial charge in [-0.15, -0.1) is 0 Å². The van der Waals surface area contributed by atoms with Crippen LogP contribution in [0.2, 0.25) is 0 Å². The number of benzene rings is 3. The predicted octanol–water partition coefficient (Wildman–Crippen LogP) is 4.72. The lowest BCUT2D eigenvalue weighted by atomic mass is 9.93. The van der Waals surface area contributed by atoms with Gasteiger partial charge in [0, 0.05) is 38.4 Å². The molecule has 2 heterocycles. The molecule has 1 atom stereocenters. The van der Waals surface area contributed by atoms with E-state index in [0.29, 0.717) is 18.1 Å². The second-order valence-electron chi connectivity index (χ2n) is 9.63. The molecule has 37 heavy (non-hydrogen) atoms. The molecular formula is C30H32FN5O. The molecule has 0 spiro atoms. The molecule has 0 radical (unpaired) electrons. The Kier molecular flexibility index (Phi) is 7.82. The highest BCUT2D eigenvalue weighted by Crippen LogP contribution is 2.34. The largest absolute Gasteiger partial charge is 0.312 e. The van der Waals surface area contributed by atoms with Crippen molar-refractivity contribution in [2.75, 3.05) is 39.3 Å². The van der Waals surface area contributed by atoms with E-state index in [4.69, 9.17) is 9.98 Å². The van der Waals surface area contributed by atoms with Crippen molar-refractivity contribution in [3.8, 4) is 0 Å². The summed E-state index contributed by atoms with van der Waals surface area (Å²) in [4.78, 5) is 27.4. The minimum atomic E-state index is -0.369. The van der Waals surface area contributed by atoms with Gasteiger partial charge in [0.25, 0.3) is 0 Å². The van der Waals surface area contributed by atoms with Gasteiger partial charge in [0.2, 0.25) is 5.91 Å². The van der Waals surface area contributed by atoms with Crippen molar-refractivity contribution < 1.29 is 9.18 Å². The number of carbonyl (C=O) groups is 1. The second-order valence-corrected chi connectivity index (χ2v) is 9.63. The Hall–Kier alpha value is -3.68. The third-order valence-corrected chi connectivity index (χ3v) is 6.97. The Morgan fingerprint density at radius 3 is 2.19 bits per heavy atom. The standard InChI is InChI=1S/C30H32FN5O/c1-22-29(24-11-13-25(31)14-12-24)30(33-27-10-6-5-9-26(27)32-22)34-28(37)21-36-19-17-35(18-20-36)16-15-23-7-3-2-4-8-23/h2-14,29H,15-21H2,1H3,(H,33,34,37). The molecule has 3 aromatic rings. The molecule has 0 aromatic heterocycles. The fourth-order valence-electron chi connectivity index (χ4n) is 4.94. The number of carbonyl (C=O) groups excluding carboxylic acids is 1. The third kappa shape index (κ3) is 6.37. The number of halogens is 1. The summed E-state index contributed by atoms with van der Waals surface area (Å²) in [5.74, 6) is -0.257. The summed E-state index contributed by atoms with van der Waals surface area (Å²) < 4.78 is 13.6. The number of fused-ring (bicyclic) bond motifs is 1. The molecule has 3 aromatic carbocycles. The van der Waals surface area contributed by atoms with Crippen LogP contribution in [-0.4, -0.2) is 66.5 Å². The molecule has 0 aliphatic carbocycles. The van der Waals surface area contributed by atoms with Gasteiger partial charge in [-0.25, -0.2) is 9.38 Å². The number of hydrogen-bond acceptors (Lipinski definition) is 5. The number of hydrogen-bond donors (Lipinski definition) is 1. The number of piperazine rings is 1. The first-order chi connectivity index (χ1) is 18.0. The molecule has 0 bridgehead atoms. The van der Waals surface area contributed by atoms with E-state index >= 15 is 0 Å². The van der Waals surface area contributed by atoms with E-state index in [0.717, 1.165) is 56.1 Å². The van der Waals surface area contributed by atoms with Gasteiger partial charge in [0.05, 0.1) is 23.8 Å². The van der Waals surface area contributed by atoms with Gasteiger partial charge < -0.3 is 10.2 Å². The molecule has 1 N–H and O–H groups in total. The summed E-state index contributed by atoms with van der Waals surface area (Å²) in [7, 11) is 0. The first-order valence-electron chi connectivity index (χ1n) is 12.8. The number of nitrogens with zero attached hydrogens (tertiary/aromatic N) is 4. The fraction of sp³-hybridized carbons (Fsp3) is 0.300. The molecular weight excluding hydrogens is 465 g/mol. The summed E-state index contributed by atoms with van der Waals surface area (Å²) in [5.41, 5.74) is 4.44. The normalized spacial score (nSPS) is 18.4. The Bertz CT molecular complexity index is 1280. The zero-order valence-corrected chi connectivity index (χ0v) is 21.1. The number of amides is 1. The molecule has 5 rings (SSSR count). The van der Waals surface area contributed by atoms with Crippen LogP contribution in [0.3, 0.4) is 0 Å². The SMILES string of the molecule is CC1=Nc2ccccc2N=C(NC(=O)CN2CCN(CCc3ccccc3)CC2)C1c1ccc(F)cc1. The molecule has 1 unspecified atom stereocenters. The van der Waals surface area contributed by atoms with E-state index in [2.05, 4.69) is 39.4 Å². The molecule has 1 fully saturated rings. The Balaban J connectivity index is 1.24. The van der Waals surface area contributed by atoms with E-state index in [-0.39, 0.29) is 17.6 Å². The summed E-state index contributed by atoms with van der Waals surface area (Å²) in [6.45, 7) is 6.83. The highest BCUT2D eigenvalue weighted by molar-refractivity contribution is 6.17. The number of nitrogens with one attached hydrogen (secondary N) is 1. The topological polar surface area (TPSA) is 60.3 Å². The molecule has 190 valence electrons. The quantitative estimate of drug-likeness (QED) is 0.536. The average molecular weight is 498 g/mol. The summed E-state index contributed by atoms with van der Waals surface area (Å²) >= 11 is 0. The average Bonchev–Trinajstić information content (AvgIpc) is 3.04. The molecule has 6 nitrogen and oxygen atoms in total. The molecule has 1 amide bonds. The maximum Gasteiger partial charge on any atom is 0.239 e. The smallest absolute Gasteiger partial charge is 0.239 e. The zero-order valence-electron chi connectivity index (χ0n) is 21.1. The highest BCUT2D eigenvalue weighted by atomic mass is 19.1. The van der Waals surface area contributed by atoms with Crippen molar-refractivity contribution >= 4 is 28.8 Å². The predicted molar refractivity (Wildman–Crippen MR) is 147 cm³/mol. The monoisotopic (exact) mass is 497 g/mol. The molecule has 7 heteroatoms. The van der Waals surface area contributed by atoms with E-state index < -0.39 is 0 Å². The Labute approximate surface area is 217 Å². The van der Waals surface area contributed by atoms with Crippen molar-refractivity contribution in [1.82, 2.24) is 15.1 Å². The minimum absolute atomic E-state index is 0.101. The molecule has 1 saturated heterocycles. The lowest BCUT2D eigenvalue weighted by Gasteiger charge is -2.34. The van der Waals surface area contributed by atoms with Crippen LogP contribution in [0.15, 0.2) is 88.8 Å². The van der Waals surface area contributed by atoms with E-state index in [1.165, 1.54) is 17.7 Å². The molecule has 2 aliphatic heterocycles. The number of amidine groups is 1. The van der Waals surface area contributed by atoms with Crippen LogP contribution in [0.25, 0.3) is 0 Å². The Morgan fingerprint density at radius 2 is 1.49 bits per heavy atom. The maximum absolute atomic E-state index is 13.6. The van der Waals surface area contributed by atoms with Crippen LogP contribution < -0.4 is 5.32 Å². The van der Waals surface area contributed by atoms with Crippen LogP contribution in [0.1, 0.15) is 24.0 Å². The molecule has 2 aliphatic rings. The second kappa shape index (κ2) is 11.6. The number of aliphatic imine (C=N–C) groups is 2. The zero-order chi connectivity index (χ0) is 25.6. The van der Waals surface area contributed by atoms with Crippen LogP contribution in [0.5, 0.6) is 0 Å². The first kappa shape index (κ1) is 25.0. The van der Waals surface area contributed by atoms with E-state index in [1.807, 2.05) is 37.3 Å².